The largest absolute Gasteiger partial charge is 0.348 e. The fraction of sp³-hybridized carbons (Fsp3) is 0.381. The van der Waals surface area contributed by atoms with Crippen molar-refractivity contribution in [2.45, 2.75) is 35.1 Å². The third-order valence-corrected chi connectivity index (χ3v) is 10.1. The lowest BCUT2D eigenvalue weighted by Gasteiger charge is -2.36. The fourth-order valence-electron chi connectivity index (χ4n) is 3.90. The molecule has 4 nitrogen and oxygen atoms in total. The van der Waals surface area contributed by atoms with Gasteiger partial charge in [-0.15, -0.1) is 22.9 Å². The molecule has 1 saturated heterocycles. The van der Waals surface area contributed by atoms with Crippen molar-refractivity contribution in [1.82, 2.24) is 4.98 Å². The Labute approximate surface area is 189 Å². The number of thiazole rings is 1. The molecule has 2 unspecified atom stereocenters. The number of sulfone groups is 1. The van der Waals surface area contributed by atoms with Crippen LogP contribution in [-0.4, -0.2) is 41.9 Å². The normalized spacial score (nSPS) is 25.1. The van der Waals surface area contributed by atoms with Crippen molar-refractivity contribution >= 4 is 49.5 Å². The molecule has 0 spiro atoms. The molecule has 160 valence electrons. The van der Waals surface area contributed by atoms with E-state index in [1.165, 1.54) is 17.4 Å². The second kappa shape index (κ2) is 8.26. The first-order chi connectivity index (χ1) is 14.2. The van der Waals surface area contributed by atoms with E-state index >= 15 is 0 Å². The lowest BCUT2D eigenvalue weighted by Crippen LogP contribution is -2.47. The zero-order valence-corrected chi connectivity index (χ0v) is 19.4. The van der Waals surface area contributed by atoms with Gasteiger partial charge in [0.2, 0.25) is 0 Å². The monoisotopic (exact) mass is 486 g/mol. The van der Waals surface area contributed by atoms with Gasteiger partial charge < -0.3 is 4.90 Å². The number of nitrogens with zero attached hydrogens (tertiary/aromatic N) is 2. The Morgan fingerprint density at radius 2 is 2.00 bits per heavy atom. The highest BCUT2D eigenvalue weighted by Crippen LogP contribution is 2.36. The van der Waals surface area contributed by atoms with Gasteiger partial charge >= 0.3 is 0 Å². The Morgan fingerprint density at radius 1 is 1.27 bits per heavy atom. The molecule has 1 aromatic carbocycles. The van der Waals surface area contributed by atoms with Crippen molar-refractivity contribution in [3.8, 4) is 11.3 Å². The van der Waals surface area contributed by atoms with Crippen molar-refractivity contribution in [3.63, 3.8) is 0 Å². The lowest BCUT2D eigenvalue weighted by molar-refractivity contribution is 0.518. The number of hydrogen-bond acceptors (Lipinski definition) is 5. The molecule has 2 aliphatic rings. The molecule has 1 aromatic heterocycles. The smallest absolute Gasteiger partial charge is 0.185 e. The molecule has 2 aromatic rings. The van der Waals surface area contributed by atoms with Gasteiger partial charge in [0.1, 0.15) is 11.1 Å². The number of piperidine rings is 1. The summed E-state index contributed by atoms with van der Waals surface area (Å²) in [4.78, 5) is 5.82. The van der Waals surface area contributed by atoms with Crippen molar-refractivity contribution in [2.75, 3.05) is 18.0 Å². The van der Waals surface area contributed by atoms with Gasteiger partial charge in [-0.1, -0.05) is 35.9 Å². The van der Waals surface area contributed by atoms with Gasteiger partial charge in [0, 0.05) is 24.0 Å². The third-order valence-electron chi connectivity index (χ3n) is 5.61. The van der Waals surface area contributed by atoms with E-state index in [1.807, 2.05) is 5.38 Å². The van der Waals surface area contributed by atoms with Crippen molar-refractivity contribution in [2.24, 2.45) is 0 Å². The van der Waals surface area contributed by atoms with Crippen LogP contribution in [0.4, 0.5) is 9.52 Å². The van der Waals surface area contributed by atoms with E-state index in [0.29, 0.717) is 25.9 Å². The second-order valence-corrected chi connectivity index (χ2v) is 12.1. The van der Waals surface area contributed by atoms with Crippen LogP contribution in [-0.2, 0) is 9.84 Å². The predicted molar refractivity (Wildman–Crippen MR) is 123 cm³/mol. The Kier molecular flexibility index (Phi) is 6.01. The van der Waals surface area contributed by atoms with Crippen molar-refractivity contribution in [1.29, 1.82) is 0 Å². The Morgan fingerprint density at radius 3 is 2.67 bits per heavy atom. The SMILES string of the molecule is CC1(Cl)C=CC=CC1S(=O)(=O)C1CCN(c2nc(-c3ccc(F)c(Cl)c3)cs2)CC1. The Balaban J connectivity index is 1.45. The molecule has 0 bridgehead atoms. The standard InChI is InChI=1S/C21H21Cl2FN2O2S2/c1-21(23)9-3-2-4-19(21)30(27,28)15-7-10-26(11-8-15)20-25-18(13-29-20)14-5-6-17(24)16(22)12-14/h2-6,9,12-13,15,19H,7-8,10-11H2,1H3. The molecule has 1 aliphatic carbocycles. The summed E-state index contributed by atoms with van der Waals surface area (Å²) in [7, 11) is -3.41. The quantitative estimate of drug-likeness (QED) is 0.536. The molecule has 4 rings (SSSR count). The van der Waals surface area contributed by atoms with Crippen LogP contribution in [0.2, 0.25) is 5.02 Å². The molecule has 0 saturated carbocycles. The summed E-state index contributed by atoms with van der Waals surface area (Å²) in [6.45, 7) is 2.95. The summed E-state index contributed by atoms with van der Waals surface area (Å²) in [5.74, 6) is -0.463. The predicted octanol–water partition coefficient (Wildman–Crippen LogP) is 5.48. The van der Waals surface area contributed by atoms with Crippen LogP contribution in [0, 0.1) is 5.82 Å². The van der Waals surface area contributed by atoms with E-state index in [2.05, 4.69) is 9.88 Å². The number of allylic oxidation sites excluding steroid dienone is 3. The summed E-state index contributed by atoms with van der Waals surface area (Å²) in [5.41, 5.74) is 1.48. The fourth-order valence-corrected chi connectivity index (χ4v) is 7.80. The van der Waals surface area contributed by atoms with E-state index in [0.717, 1.165) is 16.4 Å². The maximum atomic E-state index is 13.4. The van der Waals surface area contributed by atoms with Gasteiger partial charge in [-0.25, -0.2) is 17.8 Å². The molecule has 0 radical (unpaired) electrons. The first kappa shape index (κ1) is 21.8. The van der Waals surface area contributed by atoms with E-state index in [1.54, 1.807) is 43.4 Å². The molecular formula is C21H21Cl2FN2O2S2. The first-order valence-corrected chi connectivity index (χ1v) is 12.9. The van der Waals surface area contributed by atoms with Crippen LogP contribution in [0.1, 0.15) is 19.8 Å². The highest BCUT2D eigenvalue weighted by Gasteiger charge is 2.44. The van der Waals surface area contributed by atoms with Gasteiger partial charge in [0.05, 0.1) is 20.8 Å². The molecule has 2 heterocycles. The zero-order chi connectivity index (χ0) is 21.5. The van der Waals surface area contributed by atoms with Crippen molar-refractivity contribution in [3.05, 3.63) is 58.7 Å². The molecule has 2 atom stereocenters. The Hall–Kier alpha value is -1.41. The number of benzene rings is 1. The van der Waals surface area contributed by atoms with E-state index in [9.17, 15) is 12.8 Å². The van der Waals surface area contributed by atoms with Gasteiger partial charge in [-0.2, -0.15) is 0 Å². The summed E-state index contributed by atoms with van der Waals surface area (Å²) < 4.78 is 39.8. The molecule has 9 heteroatoms. The highest BCUT2D eigenvalue weighted by atomic mass is 35.5. The summed E-state index contributed by atoms with van der Waals surface area (Å²) >= 11 is 13.8. The average Bonchev–Trinajstić information content (AvgIpc) is 3.20. The first-order valence-electron chi connectivity index (χ1n) is 9.62. The number of rotatable bonds is 4. The number of alkyl halides is 1. The van der Waals surface area contributed by atoms with Crippen LogP contribution in [0.15, 0.2) is 47.9 Å². The van der Waals surface area contributed by atoms with Crippen LogP contribution in [0.5, 0.6) is 0 Å². The Bertz CT molecular complexity index is 1100. The minimum absolute atomic E-state index is 0.0611. The number of aromatic nitrogens is 1. The number of anilines is 1. The van der Waals surface area contributed by atoms with Gasteiger partial charge in [0.25, 0.3) is 0 Å². The molecule has 30 heavy (non-hydrogen) atoms. The number of halogens is 3. The minimum Gasteiger partial charge on any atom is -0.348 e. The molecule has 0 N–H and O–H groups in total. The molecule has 1 aliphatic heterocycles. The third kappa shape index (κ3) is 4.17. The second-order valence-electron chi connectivity index (χ2n) is 7.74. The van der Waals surface area contributed by atoms with Gasteiger partial charge in [-0.05, 0) is 38.0 Å². The van der Waals surface area contributed by atoms with Gasteiger partial charge in [0.15, 0.2) is 15.0 Å². The maximum absolute atomic E-state index is 13.4. The van der Waals surface area contributed by atoms with Gasteiger partial charge in [-0.3, -0.25) is 0 Å². The van der Waals surface area contributed by atoms with Crippen LogP contribution >= 0.6 is 34.5 Å². The summed E-state index contributed by atoms with van der Waals surface area (Å²) in [6, 6.07) is 4.53. The van der Waals surface area contributed by atoms with Crippen LogP contribution in [0.3, 0.4) is 0 Å². The summed E-state index contributed by atoms with van der Waals surface area (Å²) in [6.07, 6.45) is 8.03. The lowest BCUT2D eigenvalue weighted by atomic mass is 10.0. The highest BCUT2D eigenvalue weighted by molar-refractivity contribution is 7.93. The summed E-state index contributed by atoms with van der Waals surface area (Å²) in [5, 5.41) is 1.64. The van der Waals surface area contributed by atoms with E-state index < -0.39 is 31.0 Å². The molecular weight excluding hydrogens is 466 g/mol. The van der Waals surface area contributed by atoms with Crippen LogP contribution in [0.25, 0.3) is 11.3 Å². The van der Waals surface area contributed by atoms with Crippen molar-refractivity contribution < 1.29 is 12.8 Å². The molecule has 1 fully saturated rings. The van der Waals surface area contributed by atoms with Crippen LogP contribution < -0.4 is 4.90 Å². The maximum Gasteiger partial charge on any atom is 0.185 e. The van der Waals surface area contributed by atoms with E-state index in [-0.39, 0.29) is 5.02 Å². The average molecular weight is 487 g/mol. The topological polar surface area (TPSA) is 50.3 Å². The van der Waals surface area contributed by atoms with E-state index in [4.69, 9.17) is 23.2 Å². The molecule has 0 amide bonds. The minimum atomic E-state index is -3.41. The zero-order valence-electron chi connectivity index (χ0n) is 16.3. The number of hydrogen-bond donors (Lipinski definition) is 0.